The zero-order chi connectivity index (χ0) is 15.4. The first-order valence-electron chi connectivity index (χ1n) is 6.72. The molecule has 110 valence electrons. The maximum absolute atomic E-state index is 13.1. The van der Waals surface area contributed by atoms with Crippen LogP contribution in [0.25, 0.3) is 0 Å². The average molecular weight is 287 g/mol. The number of carbonyl (C=O) groups excluding carboxylic acids is 1. The minimum absolute atomic E-state index is 0.156. The van der Waals surface area contributed by atoms with E-state index in [1.807, 2.05) is 6.92 Å². The zero-order valence-electron chi connectivity index (χ0n) is 12.0. The monoisotopic (exact) mass is 287 g/mol. The summed E-state index contributed by atoms with van der Waals surface area (Å²) in [6.45, 7) is 4.22. The lowest BCUT2D eigenvalue weighted by molar-refractivity contribution is 0.0956. The summed E-state index contributed by atoms with van der Waals surface area (Å²) in [5, 5.41) is 5.87. The molecule has 2 aromatic carbocycles. The van der Waals surface area contributed by atoms with Gasteiger partial charge in [-0.15, -0.1) is 0 Å². The summed E-state index contributed by atoms with van der Waals surface area (Å²) < 4.78 is 13.1. The van der Waals surface area contributed by atoms with Crippen LogP contribution in [0, 0.1) is 12.7 Å². The van der Waals surface area contributed by atoms with Crippen molar-refractivity contribution in [3.8, 4) is 0 Å². The largest absolute Gasteiger partial charge is 0.397 e. The highest BCUT2D eigenvalue weighted by molar-refractivity contribution is 5.96. The van der Waals surface area contributed by atoms with E-state index < -0.39 is 0 Å². The van der Waals surface area contributed by atoms with Crippen molar-refractivity contribution in [3.63, 3.8) is 0 Å². The molecule has 2 aromatic rings. The quantitative estimate of drug-likeness (QED) is 0.756. The predicted octanol–water partition coefficient (Wildman–Crippen LogP) is 3.21. The van der Waals surface area contributed by atoms with Crippen LogP contribution in [0.5, 0.6) is 0 Å². The molecule has 0 bridgehead atoms. The number of amides is 1. The van der Waals surface area contributed by atoms with Crippen LogP contribution in [-0.2, 0) is 0 Å². The van der Waals surface area contributed by atoms with Crippen LogP contribution in [-0.4, -0.2) is 12.5 Å². The number of benzene rings is 2. The molecule has 0 fully saturated rings. The van der Waals surface area contributed by atoms with Gasteiger partial charge in [0, 0.05) is 17.8 Å². The van der Waals surface area contributed by atoms with Crippen LogP contribution < -0.4 is 16.4 Å². The van der Waals surface area contributed by atoms with Crippen molar-refractivity contribution in [2.24, 2.45) is 0 Å². The van der Waals surface area contributed by atoms with Gasteiger partial charge >= 0.3 is 0 Å². The molecule has 0 unspecified atom stereocenters. The minimum Gasteiger partial charge on any atom is -0.397 e. The summed E-state index contributed by atoms with van der Waals surface area (Å²) in [5.41, 5.74) is 9.09. The highest BCUT2D eigenvalue weighted by atomic mass is 19.1. The molecular weight excluding hydrogens is 269 g/mol. The maximum Gasteiger partial charge on any atom is 0.251 e. The molecule has 0 aliphatic carbocycles. The van der Waals surface area contributed by atoms with E-state index in [-0.39, 0.29) is 11.7 Å². The molecule has 0 spiro atoms. The Kier molecular flexibility index (Phi) is 4.42. The number of anilines is 3. The highest BCUT2D eigenvalue weighted by Crippen LogP contribution is 2.26. The SMILES string of the molecule is CCNC(=O)c1ccc(N)c(Nc2ccc(F)cc2C)c1. The molecule has 0 heterocycles. The fraction of sp³-hybridized carbons (Fsp3) is 0.188. The van der Waals surface area contributed by atoms with Crippen LogP contribution in [0.2, 0.25) is 0 Å². The number of hydrogen-bond acceptors (Lipinski definition) is 3. The average Bonchev–Trinajstić information content (AvgIpc) is 2.44. The number of nitrogen functional groups attached to an aromatic ring is 1. The van der Waals surface area contributed by atoms with Crippen LogP contribution in [0.3, 0.4) is 0 Å². The van der Waals surface area contributed by atoms with Gasteiger partial charge in [0.2, 0.25) is 0 Å². The molecule has 0 atom stereocenters. The van der Waals surface area contributed by atoms with Crippen molar-refractivity contribution in [2.45, 2.75) is 13.8 Å². The molecule has 0 aliphatic rings. The van der Waals surface area contributed by atoms with Crippen molar-refractivity contribution >= 4 is 23.0 Å². The predicted molar refractivity (Wildman–Crippen MR) is 83.3 cm³/mol. The molecule has 1 amide bonds. The summed E-state index contributed by atoms with van der Waals surface area (Å²) >= 11 is 0. The van der Waals surface area contributed by atoms with E-state index in [1.54, 1.807) is 31.2 Å². The van der Waals surface area contributed by atoms with Crippen LogP contribution in [0.1, 0.15) is 22.8 Å². The Balaban J connectivity index is 2.30. The van der Waals surface area contributed by atoms with Gasteiger partial charge < -0.3 is 16.4 Å². The minimum atomic E-state index is -0.290. The second kappa shape index (κ2) is 6.26. The number of halogens is 1. The van der Waals surface area contributed by atoms with Gasteiger partial charge in [0.15, 0.2) is 0 Å². The van der Waals surface area contributed by atoms with E-state index in [9.17, 15) is 9.18 Å². The Morgan fingerprint density at radius 1 is 1.19 bits per heavy atom. The molecule has 5 heteroatoms. The Bertz CT molecular complexity index is 671. The molecule has 21 heavy (non-hydrogen) atoms. The Morgan fingerprint density at radius 3 is 2.62 bits per heavy atom. The third-order valence-electron chi connectivity index (χ3n) is 3.11. The summed E-state index contributed by atoms with van der Waals surface area (Å²) in [4.78, 5) is 11.8. The lowest BCUT2D eigenvalue weighted by Crippen LogP contribution is -2.22. The number of nitrogens with one attached hydrogen (secondary N) is 2. The number of rotatable bonds is 4. The molecule has 4 N–H and O–H groups in total. The van der Waals surface area contributed by atoms with Crippen molar-refractivity contribution < 1.29 is 9.18 Å². The van der Waals surface area contributed by atoms with Gasteiger partial charge in [-0.1, -0.05) is 0 Å². The van der Waals surface area contributed by atoms with Gasteiger partial charge in [-0.3, -0.25) is 4.79 Å². The summed E-state index contributed by atoms with van der Waals surface area (Å²) in [7, 11) is 0. The molecule has 0 radical (unpaired) electrons. The fourth-order valence-corrected chi connectivity index (χ4v) is 1.98. The maximum atomic E-state index is 13.1. The standard InChI is InChI=1S/C16H18FN3O/c1-3-19-16(21)11-4-6-13(18)15(9-11)20-14-7-5-12(17)8-10(14)2/h4-9,20H,3,18H2,1-2H3,(H,19,21). The topological polar surface area (TPSA) is 67.2 Å². The van der Waals surface area contributed by atoms with Crippen molar-refractivity contribution in [1.29, 1.82) is 0 Å². The van der Waals surface area contributed by atoms with Crippen molar-refractivity contribution in [1.82, 2.24) is 5.32 Å². The lowest BCUT2D eigenvalue weighted by atomic mass is 10.1. The summed E-state index contributed by atoms with van der Waals surface area (Å²) in [6.07, 6.45) is 0. The van der Waals surface area contributed by atoms with Crippen LogP contribution >= 0.6 is 0 Å². The molecular formula is C16H18FN3O. The molecule has 0 aromatic heterocycles. The van der Waals surface area contributed by atoms with E-state index in [4.69, 9.17) is 5.73 Å². The van der Waals surface area contributed by atoms with Gasteiger partial charge in [0.1, 0.15) is 5.82 Å². The molecule has 0 saturated carbocycles. The van der Waals surface area contributed by atoms with Gasteiger partial charge in [0.25, 0.3) is 5.91 Å². The van der Waals surface area contributed by atoms with Crippen LogP contribution in [0.4, 0.5) is 21.5 Å². The highest BCUT2D eigenvalue weighted by Gasteiger charge is 2.09. The Morgan fingerprint density at radius 2 is 1.95 bits per heavy atom. The smallest absolute Gasteiger partial charge is 0.251 e. The van der Waals surface area contributed by atoms with E-state index in [1.165, 1.54) is 12.1 Å². The first-order valence-corrected chi connectivity index (χ1v) is 6.72. The summed E-state index contributed by atoms with van der Waals surface area (Å²) in [6, 6.07) is 9.48. The zero-order valence-corrected chi connectivity index (χ0v) is 12.0. The van der Waals surface area contributed by atoms with E-state index in [0.29, 0.717) is 23.5 Å². The number of nitrogens with two attached hydrogens (primary N) is 1. The Hall–Kier alpha value is -2.56. The lowest BCUT2D eigenvalue weighted by Gasteiger charge is -2.13. The van der Waals surface area contributed by atoms with E-state index in [2.05, 4.69) is 10.6 Å². The van der Waals surface area contributed by atoms with Crippen molar-refractivity contribution in [3.05, 3.63) is 53.3 Å². The molecule has 2 rings (SSSR count). The van der Waals surface area contributed by atoms with Gasteiger partial charge in [-0.2, -0.15) is 0 Å². The summed E-state index contributed by atoms with van der Waals surface area (Å²) in [5.74, 6) is -0.446. The second-order valence-electron chi connectivity index (χ2n) is 4.75. The van der Waals surface area contributed by atoms with Gasteiger partial charge in [-0.25, -0.2) is 4.39 Å². The number of aryl methyl sites for hydroxylation is 1. The van der Waals surface area contributed by atoms with Gasteiger partial charge in [0.05, 0.1) is 11.4 Å². The molecule has 0 saturated heterocycles. The van der Waals surface area contributed by atoms with E-state index in [0.717, 1.165) is 11.3 Å². The second-order valence-corrected chi connectivity index (χ2v) is 4.75. The number of hydrogen-bond donors (Lipinski definition) is 3. The first-order chi connectivity index (χ1) is 10.0. The van der Waals surface area contributed by atoms with Gasteiger partial charge in [-0.05, 0) is 55.8 Å². The Labute approximate surface area is 123 Å². The first kappa shape index (κ1) is 14.8. The van der Waals surface area contributed by atoms with Crippen molar-refractivity contribution in [2.75, 3.05) is 17.6 Å². The van der Waals surface area contributed by atoms with Crippen LogP contribution in [0.15, 0.2) is 36.4 Å². The molecule has 0 aliphatic heterocycles. The van der Waals surface area contributed by atoms with E-state index >= 15 is 0 Å². The molecule has 4 nitrogen and oxygen atoms in total. The third kappa shape index (κ3) is 3.51. The number of carbonyl (C=O) groups is 1. The fourth-order valence-electron chi connectivity index (χ4n) is 1.98. The third-order valence-corrected chi connectivity index (χ3v) is 3.11. The normalized spacial score (nSPS) is 10.2.